The molecule has 1 N–H and O–H groups in total. The van der Waals surface area contributed by atoms with Gasteiger partial charge in [-0.15, -0.1) is 0 Å². The number of carbonyl (C=O) groups is 1. The average Bonchev–Trinajstić information content (AvgIpc) is 3.45. The minimum absolute atomic E-state index is 0.0562. The van der Waals surface area contributed by atoms with E-state index in [1.165, 1.54) is 10.9 Å². The number of aromatic nitrogens is 5. The van der Waals surface area contributed by atoms with Crippen molar-refractivity contribution in [3.05, 3.63) is 76.9 Å². The van der Waals surface area contributed by atoms with Crippen molar-refractivity contribution in [3.8, 4) is 5.75 Å². The first-order valence-electron chi connectivity index (χ1n) is 11.9. The minimum Gasteiger partial charge on any atom is -0.494 e. The second-order valence-electron chi connectivity index (χ2n) is 8.34. The summed E-state index contributed by atoms with van der Waals surface area (Å²) in [6.45, 7) is 4.55. The van der Waals surface area contributed by atoms with Crippen LogP contribution in [0.15, 0.2) is 64.2 Å². The maximum Gasteiger partial charge on any atom is 0.278 e. The lowest BCUT2D eigenvalue weighted by Crippen LogP contribution is -2.25. The minimum atomic E-state index is -0.291. The lowest BCUT2D eigenvalue weighted by atomic mass is 10.2. The second-order valence-corrected chi connectivity index (χ2v) is 8.34. The average molecular weight is 487 g/mol. The van der Waals surface area contributed by atoms with Crippen LogP contribution in [0.25, 0.3) is 21.9 Å². The van der Waals surface area contributed by atoms with E-state index in [4.69, 9.17) is 9.26 Å². The quantitative estimate of drug-likeness (QED) is 0.337. The highest BCUT2D eigenvalue weighted by atomic mass is 16.5. The Morgan fingerprint density at radius 1 is 1.11 bits per heavy atom. The van der Waals surface area contributed by atoms with Crippen molar-refractivity contribution in [3.63, 3.8) is 0 Å². The molecular weight excluding hydrogens is 460 g/mol. The van der Waals surface area contributed by atoms with Crippen molar-refractivity contribution in [1.29, 1.82) is 0 Å². The topological polar surface area (TPSA) is 117 Å². The number of fused-ring (bicyclic) bond motifs is 3. The van der Waals surface area contributed by atoms with Crippen LogP contribution >= 0.6 is 0 Å². The zero-order valence-electron chi connectivity index (χ0n) is 20.1. The molecule has 184 valence electrons. The number of anilines is 1. The van der Waals surface area contributed by atoms with Gasteiger partial charge < -0.3 is 19.1 Å². The summed E-state index contributed by atoms with van der Waals surface area (Å²) in [4.78, 5) is 35.5. The van der Waals surface area contributed by atoms with E-state index in [9.17, 15) is 9.59 Å². The van der Waals surface area contributed by atoms with Crippen molar-refractivity contribution in [2.45, 2.75) is 39.8 Å². The molecule has 0 saturated carbocycles. The number of rotatable bonds is 9. The zero-order chi connectivity index (χ0) is 25.1. The van der Waals surface area contributed by atoms with E-state index in [1.807, 2.05) is 38.1 Å². The molecule has 3 heterocycles. The SMILES string of the molecule is CCCc1noc(Cn2cnc3c4ccccc4n(CC(=O)Nc4ccc(OCC)cc4)c3c2=O)n1. The van der Waals surface area contributed by atoms with Crippen LogP contribution < -0.4 is 15.6 Å². The molecule has 0 atom stereocenters. The van der Waals surface area contributed by atoms with Gasteiger partial charge in [0.15, 0.2) is 5.82 Å². The number of hydrogen-bond acceptors (Lipinski definition) is 7. The fourth-order valence-corrected chi connectivity index (χ4v) is 4.20. The summed E-state index contributed by atoms with van der Waals surface area (Å²) in [5.41, 5.74) is 1.98. The van der Waals surface area contributed by atoms with E-state index in [2.05, 4.69) is 20.4 Å². The van der Waals surface area contributed by atoms with Crippen molar-refractivity contribution in [1.82, 2.24) is 24.3 Å². The first-order valence-corrected chi connectivity index (χ1v) is 11.9. The molecule has 5 aromatic rings. The molecule has 10 heteroatoms. The maximum absolute atomic E-state index is 13.6. The molecule has 0 saturated heterocycles. The molecule has 36 heavy (non-hydrogen) atoms. The van der Waals surface area contributed by atoms with Crippen molar-refractivity contribution >= 4 is 33.5 Å². The molecule has 5 rings (SSSR count). The van der Waals surface area contributed by atoms with E-state index in [-0.39, 0.29) is 24.6 Å². The van der Waals surface area contributed by atoms with Crippen molar-refractivity contribution in [2.24, 2.45) is 0 Å². The maximum atomic E-state index is 13.6. The van der Waals surface area contributed by atoms with Gasteiger partial charge in [0.1, 0.15) is 29.9 Å². The van der Waals surface area contributed by atoms with Gasteiger partial charge in [0.05, 0.1) is 18.5 Å². The Kier molecular flexibility index (Phi) is 6.48. The number of para-hydroxylation sites is 1. The lowest BCUT2D eigenvalue weighted by molar-refractivity contribution is -0.116. The van der Waals surface area contributed by atoms with E-state index < -0.39 is 0 Å². The van der Waals surface area contributed by atoms with Crippen LogP contribution in [0.4, 0.5) is 5.69 Å². The summed E-state index contributed by atoms with van der Waals surface area (Å²) in [6, 6.07) is 14.7. The summed E-state index contributed by atoms with van der Waals surface area (Å²) >= 11 is 0. The number of ether oxygens (including phenoxy) is 1. The Morgan fingerprint density at radius 3 is 2.69 bits per heavy atom. The molecular formula is C26H26N6O4. The van der Waals surface area contributed by atoms with Crippen LogP contribution in [0, 0.1) is 0 Å². The number of amides is 1. The normalized spacial score (nSPS) is 11.3. The summed E-state index contributed by atoms with van der Waals surface area (Å²) in [5.74, 6) is 1.40. The van der Waals surface area contributed by atoms with Crippen LogP contribution in [0.3, 0.4) is 0 Å². The zero-order valence-corrected chi connectivity index (χ0v) is 20.1. The number of benzene rings is 2. The number of hydrogen-bond donors (Lipinski definition) is 1. The largest absolute Gasteiger partial charge is 0.494 e. The van der Waals surface area contributed by atoms with Gasteiger partial charge in [-0.3, -0.25) is 14.2 Å². The van der Waals surface area contributed by atoms with Gasteiger partial charge in [-0.25, -0.2) is 4.98 Å². The Hall–Kier alpha value is -4.47. The summed E-state index contributed by atoms with van der Waals surface area (Å²) in [7, 11) is 0. The predicted molar refractivity (Wildman–Crippen MR) is 135 cm³/mol. The molecule has 0 aliphatic carbocycles. The molecule has 0 radical (unpaired) electrons. The third-order valence-electron chi connectivity index (χ3n) is 5.77. The van der Waals surface area contributed by atoms with Gasteiger partial charge >= 0.3 is 0 Å². The fourth-order valence-electron chi connectivity index (χ4n) is 4.20. The first-order chi connectivity index (χ1) is 17.6. The smallest absolute Gasteiger partial charge is 0.278 e. The monoisotopic (exact) mass is 486 g/mol. The molecule has 0 aliphatic rings. The number of nitrogens with one attached hydrogen (secondary N) is 1. The van der Waals surface area contributed by atoms with Gasteiger partial charge in [-0.2, -0.15) is 4.98 Å². The third kappa shape index (κ3) is 4.57. The predicted octanol–water partition coefficient (Wildman–Crippen LogP) is 3.77. The van der Waals surface area contributed by atoms with Gasteiger partial charge in [-0.05, 0) is 43.7 Å². The Bertz CT molecular complexity index is 1580. The molecule has 0 fully saturated rings. The highest BCUT2D eigenvalue weighted by molar-refractivity contribution is 6.06. The summed E-state index contributed by atoms with van der Waals surface area (Å²) < 4.78 is 13.9. The van der Waals surface area contributed by atoms with Gasteiger partial charge in [0.25, 0.3) is 5.56 Å². The second kappa shape index (κ2) is 10.0. The van der Waals surface area contributed by atoms with Gasteiger partial charge in [0.2, 0.25) is 11.8 Å². The summed E-state index contributed by atoms with van der Waals surface area (Å²) in [6.07, 6.45) is 3.07. The van der Waals surface area contributed by atoms with E-state index >= 15 is 0 Å². The third-order valence-corrected chi connectivity index (χ3v) is 5.77. The van der Waals surface area contributed by atoms with Gasteiger partial charge in [-0.1, -0.05) is 30.3 Å². The molecule has 0 aliphatic heterocycles. The highest BCUT2D eigenvalue weighted by Crippen LogP contribution is 2.25. The van der Waals surface area contributed by atoms with Crippen molar-refractivity contribution < 1.29 is 14.1 Å². The molecule has 0 bridgehead atoms. The Morgan fingerprint density at radius 2 is 1.92 bits per heavy atom. The van der Waals surface area contributed by atoms with Crippen LogP contribution in [-0.2, 0) is 24.3 Å². The van der Waals surface area contributed by atoms with Gasteiger partial charge in [0, 0.05) is 17.5 Å². The van der Waals surface area contributed by atoms with E-state index in [0.717, 1.165) is 23.1 Å². The van der Waals surface area contributed by atoms with Crippen molar-refractivity contribution in [2.75, 3.05) is 11.9 Å². The molecule has 1 amide bonds. The number of nitrogens with zero attached hydrogens (tertiary/aromatic N) is 5. The standard InChI is InChI=1S/C26H26N6O4/c1-3-7-21-29-23(36-30-21)15-31-16-27-24-19-8-5-6-9-20(19)32(25(24)26(31)34)14-22(33)28-17-10-12-18(13-11-17)35-4-2/h5-6,8-13,16H,3-4,7,14-15H2,1-2H3,(H,28,33). The molecule has 2 aromatic carbocycles. The first kappa shape index (κ1) is 23.3. The highest BCUT2D eigenvalue weighted by Gasteiger charge is 2.19. The molecule has 10 nitrogen and oxygen atoms in total. The van der Waals surface area contributed by atoms with Crippen LogP contribution in [-0.4, -0.2) is 36.8 Å². The van der Waals surface area contributed by atoms with E-state index in [1.54, 1.807) is 28.8 Å². The molecule has 0 spiro atoms. The summed E-state index contributed by atoms with van der Waals surface area (Å²) in [5, 5.41) is 7.64. The van der Waals surface area contributed by atoms with Crippen LogP contribution in [0.5, 0.6) is 5.75 Å². The Labute approximate surface area is 206 Å². The number of carbonyl (C=O) groups excluding carboxylic acids is 1. The van der Waals surface area contributed by atoms with Crippen LogP contribution in [0.2, 0.25) is 0 Å². The van der Waals surface area contributed by atoms with Crippen LogP contribution in [0.1, 0.15) is 32.0 Å². The number of aryl methyl sites for hydroxylation is 1. The lowest BCUT2D eigenvalue weighted by Gasteiger charge is -2.10. The molecule has 3 aromatic heterocycles. The Balaban J connectivity index is 1.48. The fraction of sp³-hybridized carbons (Fsp3) is 0.269. The molecule has 0 unspecified atom stereocenters. The van der Waals surface area contributed by atoms with E-state index in [0.29, 0.717) is 41.5 Å².